The zero-order valence-electron chi connectivity index (χ0n) is 12.2. The number of methoxy groups -OCH3 is 1. The molecular weight excluding hydrogens is 234 g/mol. The standard InChI is InChI=1S/C17H27NO/c1-19-16-10-6-5-9-15(16)13-17(14-18)11-7-3-2-4-8-12-17/h5-6,9-10H,2-4,7-8,11-14,18H2,1H3. The zero-order chi connectivity index (χ0) is 13.6. The maximum absolute atomic E-state index is 6.16. The molecule has 19 heavy (non-hydrogen) atoms. The number of hydrogen-bond donors (Lipinski definition) is 1. The quantitative estimate of drug-likeness (QED) is 0.891. The van der Waals surface area contributed by atoms with E-state index in [2.05, 4.69) is 18.2 Å². The lowest BCUT2D eigenvalue weighted by atomic mass is 9.72. The van der Waals surface area contributed by atoms with Gasteiger partial charge in [0.1, 0.15) is 5.75 Å². The molecule has 0 atom stereocenters. The first kappa shape index (κ1) is 14.4. The molecule has 106 valence electrons. The Morgan fingerprint density at radius 2 is 1.68 bits per heavy atom. The Labute approximate surface area is 117 Å². The van der Waals surface area contributed by atoms with Crippen LogP contribution in [-0.2, 0) is 6.42 Å². The Morgan fingerprint density at radius 1 is 1.05 bits per heavy atom. The number of ether oxygens (including phenoxy) is 1. The maximum atomic E-state index is 6.16. The van der Waals surface area contributed by atoms with Gasteiger partial charge in [0.2, 0.25) is 0 Å². The molecule has 1 saturated carbocycles. The lowest BCUT2D eigenvalue weighted by molar-refractivity contribution is 0.214. The van der Waals surface area contributed by atoms with Crippen molar-refractivity contribution in [1.82, 2.24) is 0 Å². The number of hydrogen-bond acceptors (Lipinski definition) is 2. The first-order valence-electron chi connectivity index (χ1n) is 7.62. The van der Waals surface area contributed by atoms with E-state index < -0.39 is 0 Å². The molecule has 1 aliphatic carbocycles. The highest BCUT2D eigenvalue weighted by atomic mass is 16.5. The van der Waals surface area contributed by atoms with E-state index in [-0.39, 0.29) is 5.41 Å². The molecule has 2 rings (SSSR count). The molecule has 0 bridgehead atoms. The fourth-order valence-corrected chi connectivity index (χ4v) is 3.36. The van der Waals surface area contributed by atoms with Gasteiger partial charge >= 0.3 is 0 Å². The van der Waals surface area contributed by atoms with Crippen molar-refractivity contribution >= 4 is 0 Å². The van der Waals surface area contributed by atoms with E-state index in [1.54, 1.807) is 7.11 Å². The highest BCUT2D eigenvalue weighted by molar-refractivity contribution is 5.34. The van der Waals surface area contributed by atoms with Gasteiger partial charge in [-0.25, -0.2) is 0 Å². The second-order valence-corrected chi connectivity index (χ2v) is 5.96. The van der Waals surface area contributed by atoms with Crippen molar-refractivity contribution in [3.63, 3.8) is 0 Å². The molecule has 1 aromatic carbocycles. The Balaban J connectivity index is 2.15. The molecule has 1 aliphatic rings. The molecule has 0 aromatic heterocycles. The summed E-state index contributed by atoms with van der Waals surface area (Å²) >= 11 is 0. The SMILES string of the molecule is COc1ccccc1CC1(CN)CCCCCCC1. The van der Waals surface area contributed by atoms with E-state index >= 15 is 0 Å². The van der Waals surface area contributed by atoms with Crippen LogP contribution in [0, 0.1) is 5.41 Å². The van der Waals surface area contributed by atoms with Crippen LogP contribution in [0.5, 0.6) is 5.75 Å². The summed E-state index contributed by atoms with van der Waals surface area (Å²) in [6.45, 7) is 0.797. The molecule has 0 radical (unpaired) electrons. The third-order valence-corrected chi connectivity index (χ3v) is 4.61. The van der Waals surface area contributed by atoms with Crippen molar-refractivity contribution in [1.29, 1.82) is 0 Å². The van der Waals surface area contributed by atoms with Crippen molar-refractivity contribution in [3.05, 3.63) is 29.8 Å². The second-order valence-electron chi connectivity index (χ2n) is 5.96. The molecule has 2 nitrogen and oxygen atoms in total. The number of benzene rings is 1. The van der Waals surface area contributed by atoms with E-state index in [9.17, 15) is 0 Å². The normalized spacial score (nSPS) is 19.5. The van der Waals surface area contributed by atoms with Crippen LogP contribution in [0.2, 0.25) is 0 Å². The minimum absolute atomic E-state index is 0.287. The number of rotatable bonds is 4. The summed E-state index contributed by atoms with van der Waals surface area (Å²) in [7, 11) is 1.76. The second kappa shape index (κ2) is 6.95. The summed E-state index contributed by atoms with van der Waals surface area (Å²) in [6.07, 6.45) is 10.4. The lowest BCUT2D eigenvalue weighted by Crippen LogP contribution is -2.33. The highest BCUT2D eigenvalue weighted by Gasteiger charge is 2.29. The van der Waals surface area contributed by atoms with Crippen LogP contribution in [0.15, 0.2) is 24.3 Å². The molecule has 0 unspecified atom stereocenters. The van der Waals surface area contributed by atoms with Gasteiger partial charge in [-0.05, 0) is 42.9 Å². The average molecular weight is 261 g/mol. The smallest absolute Gasteiger partial charge is 0.122 e. The lowest BCUT2D eigenvalue weighted by Gasteiger charge is -2.35. The molecule has 0 saturated heterocycles. The van der Waals surface area contributed by atoms with Gasteiger partial charge in [0.05, 0.1) is 7.11 Å². The first-order valence-corrected chi connectivity index (χ1v) is 7.62. The van der Waals surface area contributed by atoms with Crippen molar-refractivity contribution in [2.45, 2.75) is 51.4 Å². The highest BCUT2D eigenvalue weighted by Crippen LogP contribution is 2.38. The first-order chi connectivity index (χ1) is 9.29. The van der Waals surface area contributed by atoms with E-state index in [1.165, 1.54) is 50.5 Å². The van der Waals surface area contributed by atoms with Gasteiger partial charge in [0.25, 0.3) is 0 Å². The Hall–Kier alpha value is -1.02. The van der Waals surface area contributed by atoms with Crippen LogP contribution < -0.4 is 10.5 Å². The van der Waals surface area contributed by atoms with E-state index in [0.717, 1.165) is 18.7 Å². The summed E-state index contributed by atoms with van der Waals surface area (Å²) < 4.78 is 5.49. The van der Waals surface area contributed by atoms with Crippen LogP contribution in [0.25, 0.3) is 0 Å². The van der Waals surface area contributed by atoms with Crippen molar-refractivity contribution in [2.75, 3.05) is 13.7 Å². The Morgan fingerprint density at radius 3 is 2.32 bits per heavy atom. The monoisotopic (exact) mass is 261 g/mol. The van der Waals surface area contributed by atoms with Gasteiger partial charge in [-0.1, -0.05) is 50.3 Å². The minimum atomic E-state index is 0.287. The fraction of sp³-hybridized carbons (Fsp3) is 0.647. The topological polar surface area (TPSA) is 35.2 Å². The largest absolute Gasteiger partial charge is 0.496 e. The fourth-order valence-electron chi connectivity index (χ4n) is 3.36. The van der Waals surface area contributed by atoms with Gasteiger partial charge in [-0.2, -0.15) is 0 Å². The summed E-state index contributed by atoms with van der Waals surface area (Å²) in [5.41, 5.74) is 7.76. The summed E-state index contributed by atoms with van der Waals surface area (Å²) in [6, 6.07) is 8.39. The van der Waals surface area contributed by atoms with Gasteiger partial charge in [0.15, 0.2) is 0 Å². The predicted molar refractivity (Wildman–Crippen MR) is 80.5 cm³/mol. The third kappa shape index (κ3) is 3.73. The Bertz CT molecular complexity index is 381. The van der Waals surface area contributed by atoms with Gasteiger partial charge in [0, 0.05) is 0 Å². The van der Waals surface area contributed by atoms with Crippen LogP contribution in [0.4, 0.5) is 0 Å². The number of nitrogens with two attached hydrogens (primary N) is 1. The summed E-state index contributed by atoms with van der Waals surface area (Å²) in [5.74, 6) is 1.01. The van der Waals surface area contributed by atoms with Crippen LogP contribution in [-0.4, -0.2) is 13.7 Å². The van der Waals surface area contributed by atoms with Crippen LogP contribution in [0.1, 0.15) is 50.5 Å². The molecule has 0 spiro atoms. The molecule has 0 aliphatic heterocycles. The minimum Gasteiger partial charge on any atom is -0.496 e. The predicted octanol–water partition coefficient (Wildman–Crippen LogP) is 3.93. The molecular formula is C17H27NO. The zero-order valence-corrected chi connectivity index (χ0v) is 12.2. The molecule has 1 fully saturated rings. The summed E-state index contributed by atoms with van der Waals surface area (Å²) in [5, 5.41) is 0. The van der Waals surface area contributed by atoms with Crippen LogP contribution in [0.3, 0.4) is 0 Å². The molecule has 2 N–H and O–H groups in total. The third-order valence-electron chi connectivity index (χ3n) is 4.61. The number of para-hydroxylation sites is 1. The molecule has 0 heterocycles. The molecule has 1 aromatic rings. The van der Waals surface area contributed by atoms with Gasteiger partial charge in [-0.3, -0.25) is 0 Å². The van der Waals surface area contributed by atoms with Crippen molar-refractivity contribution in [3.8, 4) is 5.75 Å². The average Bonchev–Trinajstić information content (AvgIpc) is 2.42. The van der Waals surface area contributed by atoms with Crippen LogP contribution >= 0.6 is 0 Å². The van der Waals surface area contributed by atoms with Crippen molar-refractivity contribution in [2.24, 2.45) is 11.1 Å². The molecule has 2 heteroatoms. The maximum Gasteiger partial charge on any atom is 0.122 e. The molecule has 0 amide bonds. The Kier molecular flexibility index (Phi) is 5.26. The van der Waals surface area contributed by atoms with Gasteiger partial charge in [-0.15, -0.1) is 0 Å². The van der Waals surface area contributed by atoms with E-state index in [0.29, 0.717) is 0 Å². The van der Waals surface area contributed by atoms with E-state index in [1.807, 2.05) is 6.07 Å². The summed E-state index contributed by atoms with van der Waals surface area (Å²) in [4.78, 5) is 0. The van der Waals surface area contributed by atoms with Gasteiger partial charge < -0.3 is 10.5 Å². The van der Waals surface area contributed by atoms with Crippen molar-refractivity contribution < 1.29 is 4.74 Å². The van der Waals surface area contributed by atoms with E-state index in [4.69, 9.17) is 10.5 Å².